The van der Waals surface area contributed by atoms with Gasteiger partial charge in [0.1, 0.15) is 0 Å². The van der Waals surface area contributed by atoms with Gasteiger partial charge in [-0.1, -0.05) is 18.2 Å². The second-order valence-electron chi connectivity index (χ2n) is 3.90. The fourth-order valence-corrected chi connectivity index (χ4v) is 3.95. The average molecular weight is 195 g/mol. The van der Waals surface area contributed by atoms with E-state index in [1.807, 2.05) is 0 Å². The van der Waals surface area contributed by atoms with E-state index in [4.69, 9.17) is 0 Å². The van der Waals surface area contributed by atoms with Crippen molar-refractivity contribution in [3.63, 3.8) is 0 Å². The number of nitrogens with zero attached hydrogens (tertiary/aromatic N) is 1. The minimum Gasteiger partial charge on any atom is -0.297 e. The number of quaternary nitrogens is 1. The molecule has 0 amide bonds. The summed E-state index contributed by atoms with van der Waals surface area (Å²) < 4.78 is 1.11. The molecule has 1 heterocycles. The molecule has 0 aliphatic carbocycles. The van der Waals surface area contributed by atoms with Crippen LogP contribution in [-0.4, -0.2) is 31.4 Å². The van der Waals surface area contributed by atoms with Gasteiger partial charge in [-0.05, 0) is 12.1 Å². The van der Waals surface area contributed by atoms with Crippen LogP contribution in [0.5, 0.6) is 0 Å². The first-order valence-corrected chi connectivity index (χ1v) is 5.92. The Balaban J connectivity index is 2.27. The van der Waals surface area contributed by atoms with Crippen LogP contribution in [0.3, 0.4) is 0 Å². The molecule has 1 aromatic carbocycles. The molecule has 70 valence electrons. The van der Waals surface area contributed by atoms with E-state index in [0.717, 1.165) is 10.8 Å². The summed E-state index contributed by atoms with van der Waals surface area (Å²) in [4.78, 5) is 0. The molecule has 0 spiro atoms. The number of hydrogen-bond acceptors (Lipinski definition) is 1. The highest BCUT2D eigenvalue weighted by molar-refractivity contribution is 7.58. The molecule has 3 heteroatoms. The fourth-order valence-electron chi connectivity index (χ4n) is 1.69. The zero-order chi connectivity index (χ0) is 9.31. The second-order valence-corrected chi connectivity index (χ2v) is 6.44. The maximum absolute atomic E-state index is 3.60. The molecule has 0 bridgehead atoms. The highest BCUT2D eigenvalue weighted by Crippen LogP contribution is 2.42. The third-order valence-corrected chi connectivity index (χ3v) is 5.06. The van der Waals surface area contributed by atoms with E-state index in [-0.39, 0.29) is 8.22 Å². The lowest BCUT2D eigenvalue weighted by Crippen LogP contribution is -2.34. The van der Waals surface area contributed by atoms with Crippen LogP contribution in [-0.2, 0) is 0 Å². The lowest BCUT2D eigenvalue weighted by Gasteiger charge is -2.29. The largest absolute Gasteiger partial charge is 0.297 e. The topological polar surface area (TPSA) is 12.0 Å². The highest BCUT2D eigenvalue weighted by atomic mass is 31.1. The van der Waals surface area contributed by atoms with Crippen molar-refractivity contribution in [1.29, 1.82) is 0 Å². The summed E-state index contributed by atoms with van der Waals surface area (Å²) in [5.74, 6) is 0. The molecule has 1 atom stereocenters. The molecule has 0 aromatic heterocycles. The molecule has 13 heavy (non-hydrogen) atoms. The standard InChI is InChI=1S/C10H16N2P/c1-12(2)9-8-11-13(12)10-6-4-3-5-7-10/h3-7,11H,8-9H2,1-2H3/q+1. The van der Waals surface area contributed by atoms with Gasteiger partial charge in [0.25, 0.3) is 0 Å². The lowest BCUT2D eigenvalue weighted by molar-refractivity contribution is -0.754. The maximum atomic E-state index is 3.60. The molecule has 1 aliphatic heterocycles. The third-order valence-electron chi connectivity index (χ3n) is 2.46. The van der Waals surface area contributed by atoms with Gasteiger partial charge in [-0.15, -0.1) is 0 Å². The van der Waals surface area contributed by atoms with Gasteiger partial charge in [-0.25, -0.2) is 5.09 Å². The Bertz CT molecular complexity index is 284. The van der Waals surface area contributed by atoms with Gasteiger partial charge in [0.05, 0.1) is 27.2 Å². The van der Waals surface area contributed by atoms with Crippen molar-refractivity contribution in [2.45, 2.75) is 0 Å². The molecule has 1 fully saturated rings. The van der Waals surface area contributed by atoms with Gasteiger partial charge in [0.15, 0.2) is 0 Å². The molecule has 2 nitrogen and oxygen atoms in total. The summed E-state index contributed by atoms with van der Waals surface area (Å²) in [5.41, 5.74) is 0. The van der Waals surface area contributed by atoms with Crippen LogP contribution in [0.4, 0.5) is 0 Å². The summed E-state index contributed by atoms with van der Waals surface area (Å²) >= 11 is 0. The summed E-state index contributed by atoms with van der Waals surface area (Å²) in [6, 6.07) is 10.8. The molecular formula is C10H16N2P+. The Morgan fingerprint density at radius 2 is 1.92 bits per heavy atom. The van der Waals surface area contributed by atoms with Gasteiger partial charge in [-0.3, -0.25) is 4.25 Å². The quantitative estimate of drug-likeness (QED) is 0.666. The number of likely N-dealkylation sites (N-methyl/N-ethyl adjacent to an activating group) is 1. The molecule has 1 aromatic rings. The molecule has 1 saturated heterocycles. The normalized spacial score (nSPS) is 26.2. The molecule has 1 N–H and O–H groups in total. The van der Waals surface area contributed by atoms with E-state index in [1.54, 1.807) is 0 Å². The average Bonchev–Trinajstić information content (AvgIpc) is 2.47. The predicted molar refractivity (Wildman–Crippen MR) is 58.0 cm³/mol. The molecule has 0 saturated carbocycles. The summed E-state index contributed by atoms with van der Waals surface area (Å²) in [6.45, 7) is 2.38. The summed E-state index contributed by atoms with van der Waals surface area (Å²) in [5, 5.41) is 5.06. The van der Waals surface area contributed by atoms with Gasteiger partial charge in [-0.2, -0.15) is 0 Å². The smallest absolute Gasteiger partial charge is 0.215 e. The van der Waals surface area contributed by atoms with Crippen LogP contribution in [0, 0.1) is 0 Å². The Labute approximate surface area is 81.0 Å². The Hall–Kier alpha value is -0.430. The van der Waals surface area contributed by atoms with Gasteiger partial charge >= 0.3 is 0 Å². The zero-order valence-electron chi connectivity index (χ0n) is 8.20. The molecule has 2 rings (SSSR count). The van der Waals surface area contributed by atoms with E-state index in [2.05, 4.69) is 49.5 Å². The first-order valence-electron chi connectivity index (χ1n) is 4.62. The summed E-state index contributed by atoms with van der Waals surface area (Å²) in [7, 11) is 4.41. The Kier molecular flexibility index (Phi) is 2.37. The van der Waals surface area contributed by atoms with E-state index in [9.17, 15) is 0 Å². The summed E-state index contributed by atoms with van der Waals surface area (Å²) in [6.07, 6.45) is 0. The van der Waals surface area contributed by atoms with Crippen molar-refractivity contribution in [1.82, 2.24) is 5.09 Å². The van der Waals surface area contributed by atoms with Crippen molar-refractivity contribution in [2.75, 3.05) is 27.2 Å². The van der Waals surface area contributed by atoms with Gasteiger partial charge in [0, 0.05) is 5.30 Å². The minimum atomic E-state index is -0.196. The van der Waals surface area contributed by atoms with Crippen LogP contribution in [0.2, 0.25) is 0 Å². The fraction of sp³-hybridized carbons (Fsp3) is 0.400. The number of benzene rings is 1. The SMILES string of the molecule is C[N+]1(C)CCNP1c1ccccc1. The third kappa shape index (κ3) is 1.76. The monoisotopic (exact) mass is 195 g/mol. The lowest BCUT2D eigenvalue weighted by atomic mass is 10.4. The maximum Gasteiger partial charge on any atom is 0.215 e. The van der Waals surface area contributed by atoms with Crippen molar-refractivity contribution in [2.24, 2.45) is 0 Å². The van der Waals surface area contributed by atoms with E-state index in [0.29, 0.717) is 0 Å². The molecule has 1 unspecified atom stereocenters. The van der Waals surface area contributed by atoms with E-state index < -0.39 is 0 Å². The predicted octanol–water partition coefficient (Wildman–Crippen LogP) is 1.30. The number of rotatable bonds is 1. The highest BCUT2D eigenvalue weighted by Gasteiger charge is 2.36. The first-order chi connectivity index (χ1) is 6.20. The van der Waals surface area contributed by atoms with Crippen LogP contribution in [0.15, 0.2) is 30.3 Å². The van der Waals surface area contributed by atoms with E-state index >= 15 is 0 Å². The van der Waals surface area contributed by atoms with Crippen LogP contribution in [0.1, 0.15) is 0 Å². The molecule has 0 radical (unpaired) electrons. The minimum absolute atomic E-state index is 0.196. The number of hydrogen-bond donors (Lipinski definition) is 1. The van der Waals surface area contributed by atoms with Gasteiger partial charge in [0.2, 0.25) is 8.22 Å². The van der Waals surface area contributed by atoms with Crippen molar-refractivity contribution in [3.05, 3.63) is 30.3 Å². The van der Waals surface area contributed by atoms with Crippen LogP contribution < -0.4 is 10.4 Å². The first kappa shape index (κ1) is 9.14. The Morgan fingerprint density at radius 3 is 2.46 bits per heavy atom. The number of nitrogens with one attached hydrogen (secondary N) is 1. The Morgan fingerprint density at radius 1 is 1.23 bits per heavy atom. The molecule has 1 aliphatic rings. The second kappa shape index (κ2) is 3.38. The van der Waals surface area contributed by atoms with Crippen LogP contribution in [0.25, 0.3) is 0 Å². The van der Waals surface area contributed by atoms with Gasteiger partial charge < -0.3 is 0 Å². The van der Waals surface area contributed by atoms with Crippen molar-refractivity contribution in [3.8, 4) is 0 Å². The van der Waals surface area contributed by atoms with Crippen molar-refractivity contribution >= 4 is 13.5 Å². The van der Waals surface area contributed by atoms with Crippen LogP contribution >= 0.6 is 8.22 Å². The van der Waals surface area contributed by atoms with E-state index in [1.165, 1.54) is 11.8 Å². The zero-order valence-corrected chi connectivity index (χ0v) is 9.09. The molecular weight excluding hydrogens is 179 g/mol. The van der Waals surface area contributed by atoms with Crippen molar-refractivity contribution < 1.29 is 4.25 Å².